The fourth-order valence-corrected chi connectivity index (χ4v) is 7.58. The van der Waals surface area contributed by atoms with Crippen LogP contribution >= 0.6 is 11.3 Å². The molecule has 0 aliphatic rings. The van der Waals surface area contributed by atoms with E-state index < -0.39 is 0 Å². The molecule has 0 radical (unpaired) electrons. The van der Waals surface area contributed by atoms with E-state index in [-0.39, 0.29) is 0 Å². The maximum Gasteiger partial charge on any atom is 0.0709 e. The van der Waals surface area contributed by atoms with Crippen LogP contribution in [0.3, 0.4) is 0 Å². The topological polar surface area (TPSA) is 19.0 Å². The Bertz CT molecular complexity index is 2460. The van der Waals surface area contributed by atoms with Crippen LogP contribution < -0.4 is 4.90 Å². The van der Waals surface area contributed by atoms with Crippen LogP contribution in [0.1, 0.15) is 0 Å². The van der Waals surface area contributed by atoms with Gasteiger partial charge < -0.3 is 9.88 Å². The Labute approximate surface area is 253 Å². The molecule has 0 amide bonds. The summed E-state index contributed by atoms with van der Waals surface area (Å²) in [6.07, 6.45) is 0. The molecule has 0 unspecified atom stereocenters. The summed E-state index contributed by atoms with van der Waals surface area (Å²) >= 11 is 1.86. The van der Waals surface area contributed by atoms with Gasteiger partial charge in [-0.3, -0.25) is 0 Å². The summed E-state index contributed by atoms with van der Waals surface area (Å²) in [5.74, 6) is 0. The lowest BCUT2D eigenvalue weighted by Crippen LogP contribution is -2.10. The van der Waals surface area contributed by atoms with Crippen molar-refractivity contribution in [2.45, 2.75) is 0 Å². The highest BCUT2D eigenvalue weighted by molar-refractivity contribution is 7.25. The van der Waals surface area contributed by atoms with E-state index in [9.17, 15) is 0 Å². The summed E-state index contributed by atoms with van der Waals surface area (Å²) in [6, 6.07) is 55.0. The van der Waals surface area contributed by atoms with Gasteiger partial charge in [-0.2, -0.15) is 0 Å². The highest BCUT2D eigenvalue weighted by atomic mass is 32.1. The van der Waals surface area contributed by atoms with Crippen LogP contribution in [0.2, 0.25) is 0 Å². The minimum Gasteiger partial charge on any atom is -0.353 e. The van der Waals surface area contributed by atoms with E-state index in [0.29, 0.717) is 0 Å². The molecule has 1 N–H and O–H groups in total. The Morgan fingerprint density at radius 3 is 2.05 bits per heavy atom. The third kappa shape index (κ3) is 3.93. The Hall–Kier alpha value is -5.38. The molecule has 0 spiro atoms. The molecule has 2 heterocycles. The van der Waals surface area contributed by atoms with E-state index in [2.05, 4.69) is 162 Å². The molecule has 202 valence electrons. The first-order chi connectivity index (χ1) is 21.3. The zero-order valence-electron chi connectivity index (χ0n) is 23.3. The van der Waals surface area contributed by atoms with Gasteiger partial charge in [-0.05, 0) is 76.5 Å². The maximum absolute atomic E-state index is 3.73. The van der Waals surface area contributed by atoms with Crippen LogP contribution in [-0.4, -0.2) is 4.98 Å². The van der Waals surface area contributed by atoms with Gasteiger partial charge in [0.05, 0.1) is 11.2 Å². The SMILES string of the molecule is c1ccc2cc(N(c3ccc(-c4ccc5sc6ccccc6c5c4)cc3)c3cccc4c3[nH]c3ccccc34)ccc2c1. The lowest BCUT2D eigenvalue weighted by atomic mass is 10.0. The van der Waals surface area contributed by atoms with Crippen molar-refractivity contribution < 1.29 is 0 Å². The van der Waals surface area contributed by atoms with Crippen molar-refractivity contribution in [3.63, 3.8) is 0 Å². The Morgan fingerprint density at radius 2 is 1.14 bits per heavy atom. The van der Waals surface area contributed by atoms with Crippen molar-refractivity contribution >= 4 is 81.1 Å². The number of aromatic nitrogens is 1. The van der Waals surface area contributed by atoms with Gasteiger partial charge in [-0.1, -0.05) is 97.1 Å². The molecular formula is C40H26N2S. The van der Waals surface area contributed by atoms with Gasteiger partial charge in [0.2, 0.25) is 0 Å². The van der Waals surface area contributed by atoms with E-state index in [4.69, 9.17) is 0 Å². The maximum atomic E-state index is 3.73. The van der Waals surface area contributed by atoms with Gasteiger partial charge >= 0.3 is 0 Å². The summed E-state index contributed by atoms with van der Waals surface area (Å²) in [5.41, 5.74) is 8.10. The van der Waals surface area contributed by atoms with E-state index in [1.165, 1.54) is 52.8 Å². The molecule has 43 heavy (non-hydrogen) atoms. The molecule has 2 nitrogen and oxygen atoms in total. The van der Waals surface area contributed by atoms with Crippen molar-refractivity contribution in [3.8, 4) is 11.1 Å². The fraction of sp³-hybridized carbons (Fsp3) is 0. The van der Waals surface area contributed by atoms with Crippen LogP contribution in [0.4, 0.5) is 17.1 Å². The Kier molecular flexibility index (Phi) is 5.40. The molecule has 0 aliphatic heterocycles. The number of rotatable bonds is 4. The van der Waals surface area contributed by atoms with E-state index in [1.807, 2.05) is 11.3 Å². The second kappa shape index (κ2) is 9.59. The second-order valence-electron chi connectivity index (χ2n) is 11.1. The summed E-state index contributed by atoms with van der Waals surface area (Å²) in [7, 11) is 0. The molecule has 0 aliphatic carbocycles. The zero-order chi connectivity index (χ0) is 28.3. The molecule has 0 saturated heterocycles. The highest BCUT2D eigenvalue weighted by Gasteiger charge is 2.18. The molecule has 9 aromatic rings. The van der Waals surface area contributed by atoms with Crippen LogP contribution in [0.25, 0.3) is 63.9 Å². The summed E-state index contributed by atoms with van der Waals surface area (Å²) in [6.45, 7) is 0. The fourth-order valence-electron chi connectivity index (χ4n) is 6.50. The van der Waals surface area contributed by atoms with Crippen molar-refractivity contribution in [2.24, 2.45) is 0 Å². The predicted molar refractivity (Wildman–Crippen MR) is 186 cm³/mol. The molecule has 0 bridgehead atoms. The zero-order valence-corrected chi connectivity index (χ0v) is 24.1. The average molecular weight is 567 g/mol. The molecule has 2 aromatic heterocycles. The number of anilines is 3. The standard InChI is InChI=1S/C40H26N2S/c1-2-9-28-24-31(22-18-26(28)8-1)42(37-14-7-12-34-32-10-3-5-13-36(32)41-40(34)37)30-20-16-27(17-21-30)29-19-23-39-35(25-29)33-11-4-6-15-38(33)43-39/h1-25,41H. The normalized spacial score (nSPS) is 11.7. The number of thiophene rings is 1. The first kappa shape index (κ1) is 24.2. The van der Waals surface area contributed by atoms with Crippen molar-refractivity contribution in [2.75, 3.05) is 4.90 Å². The Morgan fingerprint density at radius 1 is 0.442 bits per heavy atom. The number of benzene rings is 7. The predicted octanol–water partition coefficient (Wildman–Crippen LogP) is 12.0. The van der Waals surface area contributed by atoms with Crippen LogP contribution in [0, 0.1) is 0 Å². The quantitative estimate of drug-likeness (QED) is 0.224. The number of para-hydroxylation sites is 2. The van der Waals surface area contributed by atoms with Gasteiger partial charge in [0.1, 0.15) is 0 Å². The van der Waals surface area contributed by atoms with Crippen molar-refractivity contribution in [3.05, 3.63) is 152 Å². The third-order valence-electron chi connectivity index (χ3n) is 8.59. The first-order valence-electron chi connectivity index (χ1n) is 14.6. The number of H-pyrrole nitrogens is 1. The van der Waals surface area contributed by atoms with Gasteiger partial charge in [0, 0.05) is 47.8 Å². The largest absolute Gasteiger partial charge is 0.353 e. The first-order valence-corrected chi connectivity index (χ1v) is 15.4. The lowest BCUT2D eigenvalue weighted by Gasteiger charge is -2.26. The van der Waals surface area contributed by atoms with Crippen LogP contribution in [0.5, 0.6) is 0 Å². The minimum atomic E-state index is 1.12. The Balaban J connectivity index is 1.21. The average Bonchev–Trinajstić information content (AvgIpc) is 3.64. The van der Waals surface area contributed by atoms with Crippen molar-refractivity contribution in [1.29, 1.82) is 0 Å². The van der Waals surface area contributed by atoms with Crippen LogP contribution in [-0.2, 0) is 0 Å². The summed E-state index contributed by atoms with van der Waals surface area (Å²) in [5, 5.41) is 7.58. The molecule has 3 heteroatoms. The number of nitrogens with one attached hydrogen (secondary N) is 1. The third-order valence-corrected chi connectivity index (χ3v) is 9.74. The van der Waals surface area contributed by atoms with E-state index in [0.717, 1.165) is 28.1 Å². The van der Waals surface area contributed by atoms with Crippen LogP contribution in [0.15, 0.2) is 152 Å². The molecule has 0 fully saturated rings. The van der Waals surface area contributed by atoms with Gasteiger partial charge in [-0.25, -0.2) is 0 Å². The van der Waals surface area contributed by atoms with E-state index >= 15 is 0 Å². The lowest BCUT2D eigenvalue weighted by molar-refractivity contribution is 1.29. The molecule has 7 aromatic carbocycles. The van der Waals surface area contributed by atoms with Gasteiger partial charge in [0.25, 0.3) is 0 Å². The number of nitrogens with zero attached hydrogens (tertiary/aromatic N) is 1. The van der Waals surface area contributed by atoms with Crippen molar-refractivity contribution in [1.82, 2.24) is 4.98 Å². The highest BCUT2D eigenvalue weighted by Crippen LogP contribution is 2.42. The number of fused-ring (bicyclic) bond motifs is 7. The summed E-state index contributed by atoms with van der Waals surface area (Å²) in [4.78, 5) is 6.11. The van der Waals surface area contributed by atoms with Gasteiger partial charge in [0.15, 0.2) is 0 Å². The molecule has 9 rings (SSSR count). The second-order valence-corrected chi connectivity index (χ2v) is 12.2. The molecule has 0 saturated carbocycles. The monoisotopic (exact) mass is 566 g/mol. The number of hydrogen-bond acceptors (Lipinski definition) is 2. The van der Waals surface area contributed by atoms with E-state index in [1.54, 1.807) is 0 Å². The summed E-state index contributed by atoms with van der Waals surface area (Å²) < 4.78 is 2.66. The molecule has 0 atom stereocenters. The number of aromatic amines is 1. The van der Waals surface area contributed by atoms with Gasteiger partial charge in [-0.15, -0.1) is 11.3 Å². The smallest absolute Gasteiger partial charge is 0.0709 e. The molecular weight excluding hydrogens is 541 g/mol. The number of hydrogen-bond donors (Lipinski definition) is 1. The minimum absolute atomic E-state index is 1.12.